The van der Waals surface area contributed by atoms with Gasteiger partial charge in [-0.2, -0.15) is 18.4 Å². The van der Waals surface area contributed by atoms with Crippen LogP contribution in [0.1, 0.15) is 30.9 Å². The van der Waals surface area contributed by atoms with Gasteiger partial charge in [-0.15, -0.1) is 0 Å². The highest BCUT2D eigenvalue weighted by Crippen LogP contribution is 2.31. The number of hydrogen-bond donors (Lipinski definition) is 1. The van der Waals surface area contributed by atoms with Gasteiger partial charge in [0.05, 0.1) is 16.8 Å². The van der Waals surface area contributed by atoms with Gasteiger partial charge in [0, 0.05) is 12.8 Å². The number of carbonyl (C=O) groups is 2. The molecule has 20 heavy (non-hydrogen) atoms. The lowest BCUT2D eigenvalue weighted by atomic mass is 10.1. The lowest BCUT2D eigenvalue weighted by Crippen LogP contribution is -2.14. The number of anilines is 1. The first-order chi connectivity index (χ1) is 9.24. The summed E-state index contributed by atoms with van der Waals surface area (Å²) < 4.78 is 37.4. The predicted octanol–water partition coefficient (Wildman–Crippen LogP) is 2.88. The van der Waals surface area contributed by atoms with Crippen molar-refractivity contribution in [2.24, 2.45) is 0 Å². The molecule has 7 heteroatoms. The van der Waals surface area contributed by atoms with E-state index >= 15 is 0 Å². The predicted molar refractivity (Wildman–Crippen MR) is 64.7 cm³/mol. The van der Waals surface area contributed by atoms with Gasteiger partial charge in [0.1, 0.15) is 11.9 Å². The fourth-order valence-electron chi connectivity index (χ4n) is 1.42. The van der Waals surface area contributed by atoms with Gasteiger partial charge in [-0.05, 0) is 25.1 Å². The summed E-state index contributed by atoms with van der Waals surface area (Å²) in [5.41, 5.74) is -1.25. The molecule has 0 saturated heterocycles. The average molecular weight is 284 g/mol. The number of hydrogen-bond acceptors (Lipinski definition) is 3. The van der Waals surface area contributed by atoms with E-state index in [-0.39, 0.29) is 29.9 Å². The monoisotopic (exact) mass is 284 g/mol. The van der Waals surface area contributed by atoms with E-state index < -0.39 is 17.6 Å². The zero-order chi connectivity index (χ0) is 15.3. The highest BCUT2D eigenvalue weighted by molar-refractivity contribution is 5.94. The van der Waals surface area contributed by atoms with E-state index in [0.29, 0.717) is 6.07 Å². The second kappa shape index (κ2) is 6.19. The summed E-state index contributed by atoms with van der Waals surface area (Å²) in [5.74, 6) is -0.704. The molecule has 1 aromatic rings. The molecule has 0 spiro atoms. The molecule has 0 heterocycles. The summed E-state index contributed by atoms with van der Waals surface area (Å²) in [5, 5.41) is 11.1. The van der Waals surface area contributed by atoms with Crippen molar-refractivity contribution >= 4 is 17.4 Å². The molecule has 0 radical (unpaired) electrons. The minimum Gasteiger partial charge on any atom is -0.325 e. The third-order valence-corrected chi connectivity index (χ3v) is 2.45. The maximum Gasteiger partial charge on any atom is 0.416 e. The molecule has 0 saturated carbocycles. The largest absolute Gasteiger partial charge is 0.416 e. The Morgan fingerprint density at radius 2 is 1.95 bits per heavy atom. The molecule has 0 unspecified atom stereocenters. The van der Waals surface area contributed by atoms with Crippen molar-refractivity contribution in [3.8, 4) is 6.07 Å². The third kappa shape index (κ3) is 4.39. The summed E-state index contributed by atoms with van der Waals surface area (Å²) in [4.78, 5) is 22.2. The standard InChI is InChI=1S/C13H11F3N2O2/c1-8(19)2-5-12(20)18-11-4-3-10(13(14,15)16)6-9(11)7-17/h3-4,6H,2,5H2,1H3,(H,18,20). The molecule has 1 N–H and O–H groups in total. The Labute approximate surface area is 113 Å². The molecule has 0 aliphatic carbocycles. The summed E-state index contributed by atoms with van der Waals surface area (Å²) in [6, 6.07) is 4.06. The topological polar surface area (TPSA) is 70.0 Å². The van der Waals surface area contributed by atoms with Crippen molar-refractivity contribution in [2.45, 2.75) is 25.9 Å². The van der Waals surface area contributed by atoms with Gasteiger partial charge in [-0.1, -0.05) is 0 Å². The Morgan fingerprint density at radius 3 is 2.45 bits per heavy atom. The zero-order valence-electron chi connectivity index (χ0n) is 10.5. The van der Waals surface area contributed by atoms with Crippen LogP contribution in [-0.4, -0.2) is 11.7 Å². The lowest BCUT2D eigenvalue weighted by Gasteiger charge is -2.10. The highest BCUT2D eigenvalue weighted by Gasteiger charge is 2.31. The number of carbonyl (C=O) groups excluding carboxylic acids is 2. The van der Waals surface area contributed by atoms with Crippen molar-refractivity contribution < 1.29 is 22.8 Å². The molecule has 4 nitrogen and oxygen atoms in total. The first-order valence-corrected chi connectivity index (χ1v) is 5.64. The number of rotatable bonds is 4. The number of amides is 1. The fourth-order valence-corrected chi connectivity index (χ4v) is 1.42. The first kappa shape index (κ1) is 15.7. The Kier molecular flexibility index (Phi) is 4.86. The molecule has 1 rings (SSSR count). The molecule has 0 bridgehead atoms. The van der Waals surface area contributed by atoms with Gasteiger partial charge in [-0.25, -0.2) is 0 Å². The SMILES string of the molecule is CC(=O)CCC(=O)Nc1ccc(C(F)(F)F)cc1C#N. The fraction of sp³-hybridized carbons (Fsp3) is 0.308. The van der Waals surface area contributed by atoms with Gasteiger partial charge < -0.3 is 10.1 Å². The summed E-state index contributed by atoms with van der Waals surface area (Å²) >= 11 is 0. The minimum atomic E-state index is -4.55. The van der Waals surface area contributed by atoms with Crippen LogP contribution < -0.4 is 5.32 Å². The number of benzene rings is 1. The van der Waals surface area contributed by atoms with Gasteiger partial charge in [0.25, 0.3) is 0 Å². The summed E-state index contributed by atoms with van der Waals surface area (Å²) in [7, 11) is 0. The van der Waals surface area contributed by atoms with E-state index in [4.69, 9.17) is 5.26 Å². The summed E-state index contributed by atoms with van der Waals surface area (Å²) in [6.45, 7) is 1.33. The van der Waals surface area contributed by atoms with Gasteiger partial charge in [-0.3, -0.25) is 4.79 Å². The van der Waals surface area contributed by atoms with Crippen LogP contribution >= 0.6 is 0 Å². The molecule has 106 valence electrons. The van der Waals surface area contributed by atoms with Gasteiger partial charge in [0.2, 0.25) is 5.91 Å². The Bertz CT molecular complexity index is 574. The van der Waals surface area contributed by atoms with Crippen LogP contribution in [0.4, 0.5) is 18.9 Å². The number of halogens is 3. The molecular formula is C13H11F3N2O2. The Morgan fingerprint density at radius 1 is 1.30 bits per heavy atom. The van der Waals surface area contributed by atoms with E-state index in [0.717, 1.165) is 12.1 Å². The van der Waals surface area contributed by atoms with E-state index in [9.17, 15) is 22.8 Å². The van der Waals surface area contributed by atoms with Gasteiger partial charge >= 0.3 is 6.18 Å². The summed E-state index contributed by atoms with van der Waals surface area (Å²) in [6.07, 6.45) is -4.60. The Balaban J connectivity index is 2.89. The van der Waals surface area contributed by atoms with Crippen molar-refractivity contribution in [1.29, 1.82) is 5.26 Å². The maximum atomic E-state index is 12.5. The third-order valence-electron chi connectivity index (χ3n) is 2.45. The lowest BCUT2D eigenvalue weighted by molar-refractivity contribution is -0.137. The second-order valence-electron chi connectivity index (χ2n) is 4.12. The molecule has 0 atom stereocenters. The van der Waals surface area contributed by atoms with Crippen molar-refractivity contribution in [3.05, 3.63) is 29.3 Å². The molecule has 0 fully saturated rings. The molecule has 0 aliphatic heterocycles. The van der Waals surface area contributed by atoms with Crippen LogP contribution in [-0.2, 0) is 15.8 Å². The first-order valence-electron chi connectivity index (χ1n) is 5.64. The maximum absolute atomic E-state index is 12.5. The molecule has 1 amide bonds. The van der Waals surface area contributed by atoms with E-state index in [2.05, 4.69) is 5.32 Å². The number of Topliss-reactive ketones (excluding diaryl/α,β-unsaturated/α-hetero) is 1. The number of ketones is 1. The van der Waals surface area contributed by atoms with Crippen molar-refractivity contribution in [3.63, 3.8) is 0 Å². The smallest absolute Gasteiger partial charge is 0.325 e. The molecule has 1 aromatic carbocycles. The van der Waals surface area contributed by atoms with Crippen LogP contribution in [0.3, 0.4) is 0 Å². The molecule has 0 aliphatic rings. The number of alkyl halides is 3. The Hall–Kier alpha value is -2.36. The highest BCUT2D eigenvalue weighted by atomic mass is 19.4. The number of nitrogens with zero attached hydrogens (tertiary/aromatic N) is 1. The van der Waals surface area contributed by atoms with Crippen LogP contribution in [0.2, 0.25) is 0 Å². The zero-order valence-corrected chi connectivity index (χ0v) is 10.5. The normalized spacial score (nSPS) is 10.8. The van der Waals surface area contributed by atoms with E-state index in [1.54, 1.807) is 6.07 Å². The van der Waals surface area contributed by atoms with Crippen molar-refractivity contribution in [1.82, 2.24) is 0 Å². The number of nitrogens with one attached hydrogen (secondary N) is 1. The van der Waals surface area contributed by atoms with Crippen LogP contribution in [0, 0.1) is 11.3 Å². The molecule has 0 aromatic heterocycles. The van der Waals surface area contributed by atoms with Gasteiger partial charge in [0.15, 0.2) is 0 Å². The molecular weight excluding hydrogens is 273 g/mol. The number of nitriles is 1. The quantitative estimate of drug-likeness (QED) is 0.924. The minimum absolute atomic E-state index is 0.00551. The van der Waals surface area contributed by atoms with Crippen LogP contribution in [0.15, 0.2) is 18.2 Å². The van der Waals surface area contributed by atoms with Crippen LogP contribution in [0.5, 0.6) is 0 Å². The second-order valence-corrected chi connectivity index (χ2v) is 4.12. The average Bonchev–Trinajstić information content (AvgIpc) is 2.35. The van der Waals surface area contributed by atoms with E-state index in [1.807, 2.05) is 0 Å². The van der Waals surface area contributed by atoms with E-state index in [1.165, 1.54) is 6.92 Å². The van der Waals surface area contributed by atoms with Crippen LogP contribution in [0.25, 0.3) is 0 Å². The van der Waals surface area contributed by atoms with Crippen molar-refractivity contribution in [2.75, 3.05) is 5.32 Å².